The molecule has 0 saturated heterocycles. The Kier molecular flexibility index (Phi) is 7.42. The van der Waals surface area contributed by atoms with Crippen LogP contribution in [-0.2, 0) is 4.79 Å². The van der Waals surface area contributed by atoms with Gasteiger partial charge in [-0.2, -0.15) is 0 Å². The van der Waals surface area contributed by atoms with Crippen LogP contribution in [0.2, 0.25) is 0 Å². The van der Waals surface area contributed by atoms with E-state index in [1.807, 2.05) is 48.5 Å². The van der Waals surface area contributed by atoms with E-state index in [4.69, 9.17) is 0 Å². The molecule has 4 nitrogen and oxygen atoms in total. The fourth-order valence-electron chi connectivity index (χ4n) is 3.52. The summed E-state index contributed by atoms with van der Waals surface area (Å²) in [5.41, 5.74) is 2.97. The van der Waals surface area contributed by atoms with Crippen molar-refractivity contribution in [1.82, 2.24) is 10.6 Å². The van der Waals surface area contributed by atoms with Gasteiger partial charge in [0.15, 0.2) is 0 Å². The highest BCUT2D eigenvalue weighted by atomic mass is 16.2. The summed E-state index contributed by atoms with van der Waals surface area (Å²) in [6.07, 6.45) is 8.28. The minimum atomic E-state index is -0.359. The molecule has 0 bridgehead atoms. The first kappa shape index (κ1) is 19.9. The molecule has 2 amide bonds. The number of rotatable bonds is 8. The Labute approximate surface area is 167 Å². The molecule has 2 aromatic rings. The van der Waals surface area contributed by atoms with Gasteiger partial charge in [0.2, 0.25) is 5.91 Å². The third-order valence-corrected chi connectivity index (χ3v) is 5.09. The average Bonchev–Trinajstić information content (AvgIpc) is 2.75. The van der Waals surface area contributed by atoms with E-state index >= 15 is 0 Å². The van der Waals surface area contributed by atoms with Crippen LogP contribution in [0.4, 0.5) is 0 Å². The van der Waals surface area contributed by atoms with Crippen molar-refractivity contribution >= 4 is 11.8 Å². The summed E-state index contributed by atoms with van der Waals surface area (Å²) >= 11 is 0. The van der Waals surface area contributed by atoms with Crippen LogP contribution < -0.4 is 10.6 Å². The number of carbonyl (C=O) groups is 2. The van der Waals surface area contributed by atoms with Crippen LogP contribution in [0.15, 0.2) is 72.3 Å². The van der Waals surface area contributed by atoms with Crippen LogP contribution in [0.1, 0.15) is 60.5 Å². The molecule has 28 heavy (non-hydrogen) atoms. The van der Waals surface area contributed by atoms with Gasteiger partial charge in [-0.05, 0) is 49.8 Å². The maximum Gasteiger partial charge on any atom is 0.251 e. The molecular weight excluding hydrogens is 348 g/mol. The molecule has 0 radical (unpaired) electrons. The van der Waals surface area contributed by atoms with Gasteiger partial charge in [0.25, 0.3) is 5.91 Å². The third-order valence-electron chi connectivity index (χ3n) is 5.09. The van der Waals surface area contributed by atoms with Gasteiger partial charge >= 0.3 is 0 Å². The molecule has 0 aliphatic heterocycles. The molecule has 2 aromatic carbocycles. The van der Waals surface area contributed by atoms with E-state index in [0.29, 0.717) is 12.1 Å². The van der Waals surface area contributed by atoms with Crippen molar-refractivity contribution in [3.8, 4) is 0 Å². The van der Waals surface area contributed by atoms with Gasteiger partial charge in [0, 0.05) is 12.1 Å². The van der Waals surface area contributed by atoms with Crippen molar-refractivity contribution in [3.63, 3.8) is 0 Å². The smallest absolute Gasteiger partial charge is 0.251 e. The molecule has 1 aliphatic rings. The van der Waals surface area contributed by atoms with Gasteiger partial charge in [-0.3, -0.25) is 9.59 Å². The van der Waals surface area contributed by atoms with Crippen molar-refractivity contribution in [2.24, 2.45) is 0 Å². The van der Waals surface area contributed by atoms with E-state index in [0.717, 1.165) is 24.8 Å². The molecule has 0 spiro atoms. The molecule has 3 rings (SSSR count). The summed E-state index contributed by atoms with van der Waals surface area (Å²) < 4.78 is 0. The Morgan fingerprint density at radius 2 is 1.64 bits per heavy atom. The van der Waals surface area contributed by atoms with Crippen molar-refractivity contribution in [2.45, 2.75) is 44.6 Å². The Balaban J connectivity index is 1.58. The Bertz CT molecular complexity index is 800. The van der Waals surface area contributed by atoms with E-state index in [1.165, 1.54) is 18.4 Å². The van der Waals surface area contributed by atoms with Crippen LogP contribution in [0.3, 0.4) is 0 Å². The number of hydrogen-bond donors (Lipinski definition) is 2. The zero-order valence-electron chi connectivity index (χ0n) is 16.2. The summed E-state index contributed by atoms with van der Waals surface area (Å²) in [6, 6.07) is 18.4. The minimum absolute atomic E-state index is 0.0429. The maximum atomic E-state index is 12.6. The molecule has 1 aliphatic carbocycles. The maximum absolute atomic E-state index is 12.6. The minimum Gasteiger partial charge on any atom is -0.356 e. The predicted molar refractivity (Wildman–Crippen MR) is 112 cm³/mol. The topological polar surface area (TPSA) is 58.2 Å². The molecule has 0 aromatic heterocycles. The lowest BCUT2D eigenvalue weighted by Crippen LogP contribution is -2.34. The predicted octanol–water partition coefficient (Wildman–Crippen LogP) is 4.55. The van der Waals surface area contributed by atoms with Crippen LogP contribution >= 0.6 is 0 Å². The van der Waals surface area contributed by atoms with Gasteiger partial charge in [0.05, 0.1) is 12.5 Å². The van der Waals surface area contributed by atoms with Gasteiger partial charge in [-0.25, -0.2) is 0 Å². The van der Waals surface area contributed by atoms with E-state index in [9.17, 15) is 9.59 Å². The lowest BCUT2D eigenvalue weighted by Gasteiger charge is -2.19. The Hall–Kier alpha value is -2.88. The summed E-state index contributed by atoms with van der Waals surface area (Å²) in [7, 11) is 0. The highest BCUT2D eigenvalue weighted by Crippen LogP contribution is 2.20. The normalized spacial score (nSPS) is 14.6. The van der Waals surface area contributed by atoms with Crippen LogP contribution in [0.5, 0.6) is 0 Å². The quantitative estimate of drug-likeness (QED) is 0.664. The largest absolute Gasteiger partial charge is 0.356 e. The van der Waals surface area contributed by atoms with Crippen LogP contribution in [0, 0.1) is 0 Å². The first-order chi connectivity index (χ1) is 13.7. The van der Waals surface area contributed by atoms with Gasteiger partial charge < -0.3 is 10.6 Å². The average molecular weight is 377 g/mol. The second kappa shape index (κ2) is 10.5. The van der Waals surface area contributed by atoms with Crippen molar-refractivity contribution in [1.29, 1.82) is 0 Å². The molecule has 4 heteroatoms. The first-order valence-electron chi connectivity index (χ1n) is 10.1. The monoisotopic (exact) mass is 376 g/mol. The van der Waals surface area contributed by atoms with Crippen molar-refractivity contribution in [2.75, 3.05) is 6.54 Å². The Morgan fingerprint density at radius 3 is 2.32 bits per heavy atom. The van der Waals surface area contributed by atoms with E-state index in [-0.39, 0.29) is 24.3 Å². The van der Waals surface area contributed by atoms with E-state index in [1.54, 1.807) is 12.1 Å². The molecule has 0 heterocycles. The van der Waals surface area contributed by atoms with Crippen molar-refractivity contribution in [3.05, 3.63) is 83.4 Å². The summed E-state index contributed by atoms with van der Waals surface area (Å²) in [4.78, 5) is 25.1. The summed E-state index contributed by atoms with van der Waals surface area (Å²) in [5.74, 6) is -0.215. The van der Waals surface area contributed by atoms with Crippen LogP contribution in [0.25, 0.3) is 0 Å². The third kappa shape index (κ3) is 6.08. The van der Waals surface area contributed by atoms with Gasteiger partial charge in [-0.1, -0.05) is 60.2 Å². The summed E-state index contributed by atoms with van der Waals surface area (Å²) in [6.45, 7) is 0.652. The van der Waals surface area contributed by atoms with E-state index in [2.05, 4.69) is 16.7 Å². The zero-order valence-corrected chi connectivity index (χ0v) is 16.2. The lowest BCUT2D eigenvalue weighted by molar-refractivity contribution is -0.121. The van der Waals surface area contributed by atoms with Gasteiger partial charge in [-0.15, -0.1) is 0 Å². The second-order valence-corrected chi connectivity index (χ2v) is 7.21. The fraction of sp³-hybridized carbons (Fsp3) is 0.333. The highest BCUT2D eigenvalue weighted by molar-refractivity contribution is 5.94. The Morgan fingerprint density at radius 1 is 0.929 bits per heavy atom. The second-order valence-electron chi connectivity index (χ2n) is 7.21. The van der Waals surface area contributed by atoms with E-state index < -0.39 is 0 Å². The number of amides is 2. The molecule has 146 valence electrons. The molecule has 0 fully saturated rings. The molecule has 0 saturated carbocycles. The van der Waals surface area contributed by atoms with Crippen LogP contribution in [-0.4, -0.2) is 18.4 Å². The fourth-order valence-corrected chi connectivity index (χ4v) is 3.52. The number of benzene rings is 2. The lowest BCUT2D eigenvalue weighted by atomic mass is 9.97. The number of nitrogens with one attached hydrogen (secondary N) is 2. The number of carbonyl (C=O) groups excluding carboxylic acids is 2. The first-order valence-corrected chi connectivity index (χ1v) is 10.1. The zero-order chi connectivity index (χ0) is 19.6. The standard InChI is InChI=1S/C24H28N2O2/c27-23(25-17-16-19-10-4-1-5-11-19)18-22(20-12-6-2-7-13-20)26-24(28)21-14-8-3-9-15-21/h2-3,6-10,12-15,22H,1,4-5,11,16-18H2,(H,25,27)(H,26,28). The van der Waals surface area contributed by atoms with Gasteiger partial charge in [0.1, 0.15) is 0 Å². The number of hydrogen-bond acceptors (Lipinski definition) is 2. The molecule has 1 unspecified atom stereocenters. The SMILES string of the molecule is O=C(CC(NC(=O)c1ccccc1)c1ccccc1)NCCC1=CCCCC1. The molecular formula is C24H28N2O2. The number of allylic oxidation sites excluding steroid dienone is 1. The molecule has 2 N–H and O–H groups in total. The van der Waals surface area contributed by atoms with Crippen molar-refractivity contribution < 1.29 is 9.59 Å². The summed E-state index contributed by atoms with van der Waals surface area (Å²) in [5, 5.41) is 6.02. The highest BCUT2D eigenvalue weighted by Gasteiger charge is 2.19. The molecule has 1 atom stereocenters.